The topological polar surface area (TPSA) is 91.9 Å². The van der Waals surface area contributed by atoms with Gasteiger partial charge in [-0.3, -0.25) is 9.25 Å². The zero-order valence-electron chi connectivity index (χ0n) is 14.2. The fourth-order valence-corrected chi connectivity index (χ4v) is 4.02. The maximum absolute atomic E-state index is 12.8. The molecule has 0 aliphatic rings. The molecule has 0 unspecified atom stereocenters. The number of aromatic nitrogens is 5. The second kappa shape index (κ2) is 6.67. The smallest absolute Gasteiger partial charge is 0.250 e. The van der Waals surface area contributed by atoms with E-state index in [0.29, 0.717) is 29.4 Å². The number of rotatable bonds is 6. The van der Waals surface area contributed by atoms with Gasteiger partial charge < -0.3 is 4.74 Å². The number of ether oxygens (including phenoxy) is 1. The molecule has 0 fully saturated rings. The van der Waals surface area contributed by atoms with E-state index in [1.807, 2.05) is 25.1 Å². The van der Waals surface area contributed by atoms with Crippen LogP contribution in [0, 0.1) is 0 Å². The molecule has 0 atom stereocenters. The average Bonchev–Trinajstić information content (AvgIpc) is 3.20. The Morgan fingerprint density at radius 3 is 2.56 bits per heavy atom. The number of aryl methyl sites for hydroxylation is 1. The predicted molar refractivity (Wildman–Crippen MR) is 91.8 cm³/mol. The van der Waals surface area contributed by atoms with E-state index in [9.17, 15) is 8.42 Å². The molecule has 1 aromatic carbocycles. The van der Waals surface area contributed by atoms with Gasteiger partial charge in [0.05, 0.1) is 18.4 Å². The Labute approximate surface area is 146 Å². The molecule has 2 aromatic heterocycles. The van der Waals surface area contributed by atoms with Crippen LogP contribution in [0.4, 0.5) is 0 Å². The van der Waals surface area contributed by atoms with E-state index < -0.39 is 9.84 Å². The molecule has 0 amide bonds. The van der Waals surface area contributed by atoms with Crippen LogP contribution >= 0.6 is 0 Å². The van der Waals surface area contributed by atoms with Crippen LogP contribution in [-0.4, -0.2) is 40.1 Å². The highest BCUT2D eigenvalue weighted by atomic mass is 32.2. The Hall–Kier alpha value is -2.68. The summed E-state index contributed by atoms with van der Waals surface area (Å²) in [6.45, 7) is 2.26. The molecule has 0 aliphatic heterocycles. The highest BCUT2D eigenvalue weighted by Gasteiger charge is 2.26. The van der Waals surface area contributed by atoms with Gasteiger partial charge in [-0.2, -0.15) is 5.10 Å². The zero-order chi connectivity index (χ0) is 18.0. The van der Waals surface area contributed by atoms with Crippen molar-refractivity contribution in [3.05, 3.63) is 42.2 Å². The average molecular weight is 361 g/mol. The van der Waals surface area contributed by atoms with Crippen LogP contribution in [0.2, 0.25) is 0 Å². The highest BCUT2D eigenvalue weighted by molar-refractivity contribution is 7.90. The van der Waals surface area contributed by atoms with Gasteiger partial charge in [0.15, 0.2) is 5.82 Å². The molecule has 0 spiro atoms. The number of para-hydroxylation sites is 1. The van der Waals surface area contributed by atoms with Crippen molar-refractivity contribution in [2.45, 2.75) is 24.4 Å². The normalized spacial score (nSPS) is 11.6. The van der Waals surface area contributed by atoms with Gasteiger partial charge in [0.25, 0.3) is 0 Å². The number of hydrogen-bond donors (Lipinski definition) is 0. The molecule has 3 rings (SSSR count). The molecule has 0 aliphatic carbocycles. The second-order valence-corrected chi connectivity index (χ2v) is 7.37. The first-order valence-corrected chi connectivity index (χ1v) is 9.39. The molecule has 9 heteroatoms. The van der Waals surface area contributed by atoms with Gasteiger partial charge in [0.1, 0.15) is 11.5 Å². The van der Waals surface area contributed by atoms with Crippen molar-refractivity contribution in [1.29, 1.82) is 0 Å². The lowest BCUT2D eigenvalue weighted by molar-refractivity contribution is 0.415. The fraction of sp³-hybridized carbons (Fsp3) is 0.312. The number of methoxy groups -OCH3 is 1. The van der Waals surface area contributed by atoms with E-state index in [2.05, 4.69) is 15.3 Å². The zero-order valence-corrected chi connectivity index (χ0v) is 15.1. The molecular formula is C16H19N5O3S. The number of benzene rings is 1. The third kappa shape index (κ3) is 3.27. The van der Waals surface area contributed by atoms with Crippen molar-refractivity contribution < 1.29 is 13.2 Å². The molecule has 0 saturated heterocycles. The van der Waals surface area contributed by atoms with Crippen LogP contribution in [-0.2, 0) is 29.2 Å². The van der Waals surface area contributed by atoms with Crippen molar-refractivity contribution in [1.82, 2.24) is 24.5 Å². The lowest BCUT2D eigenvalue weighted by Crippen LogP contribution is -2.13. The minimum atomic E-state index is -3.68. The lowest BCUT2D eigenvalue weighted by Gasteiger charge is -2.10. The van der Waals surface area contributed by atoms with E-state index >= 15 is 0 Å². The quantitative estimate of drug-likeness (QED) is 0.663. The van der Waals surface area contributed by atoms with Crippen molar-refractivity contribution >= 4 is 9.84 Å². The minimum absolute atomic E-state index is 0.0680. The summed E-state index contributed by atoms with van der Waals surface area (Å²) in [7, 11) is -0.377. The molecule has 2 heterocycles. The Kier molecular flexibility index (Phi) is 4.58. The predicted octanol–water partition coefficient (Wildman–Crippen LogP) is 1.68. The summed E-state index contributed by atoms with van der Waals surface area (Å²) in [6.07, 6.45) is 1.70. The van der Waals surface area contributed by atoms with Gasteiger partial charge in [-0.1, -0.05) is 12.1 Å². The lowest BCUT2D eigenvalue weighted by atomic mass is 10.2. The Morgan fingerprint density at radius 2 is 1.92 bits per heavy atom. The van der Waals surface area contributed by atoms with E-state index in [4.69, 9.17) is 4.74 Å². The Morgan fingerprint density at radius 1 is 1.16 bits per heavy atom. The Bertz CT molecular complexity index is 991. The third-order valence-electron chi connectivity index (χ3n) is 3.77. The fourth-order valence-electron chi connectivity index (χ4n) is 2.63. The maximum atomic E-state index is 12.8. The van der Waals surface area contributed by atoms with E-state index in [1.165, 1.54) is 0 Å². The summed E-state index contributed by atoms with van der Waals surface area (Å²) in [6, 6.07) is 8.98. The molecule has 0 radical (unpaired) electrons. The van der Waals surface area contributed by atoms with Crippen LogP contribution in [0.3, 0.4) is 0 Å². The van der Waals surface area contributed by atoms with Crippen molar-refractivity contribution in [2.24, 2.45) is 7.05 Å². The first-order valence-electron chi connectivity index (χ1n) is 7.74. The summed E-state index contributed by atoms with van der Waals surface area (Å²) in [5.74, 6) is 0.843. The van der Waals surface area contributed by atoms with E-state index in [0.717, 1.165) is 0 Å². The van der Waals surface area contributed by atoms with Gasteiger partial charge in [-0.25, -0.2) is 8.42 Å². The monoisotopic (exact) mass is 361 g/mol. The van der Waals surface area contributed by atoms with Gasteiger partial charge in [0, 0.05) is 19.8 Å². The molecule has 3 aromatic rings. The van der Waals surface area contributed by atoms with E-state index in [1.54, 1.807) is 41.7 Å². The number of hydrogen-bond acceptors (Lipinski definition) is 6. The van der Waals surface area contributed by atoms with Gasteiger partial charge in [-0.15, -0.1) is 10.2 Å². The van der Waals surface area contributed by atoms with Crippen molar-refractivity contribution in [3.63, 3.8) is 0 Å². The second-order valence-electron chi connectivity index (χ2n) is 5.49. The standard InChI is InChI=1S/C16H19N5O3S/c1-4-21-15(13-7-5-6-8-14(13)24-3)17-18-16(21)25(22,23)11-12-9-10-20(2)19-12/h5-10H,4,11H2,1-3H3. The minimum Gasteiger partial charge on any atom is -0.496 e. The third-order valence-corrected chi connectivity index (χ3v) is 5.30. The van der Waals surface area contributed by atoms with Crippen LogP contribution < -0.4 is 4.74 Å². The first-order chi connectivity index (χ1) is 12.0. The summed E-state index contributed by atoms with van der Waals surface area (Å²) >= 11 is 0. The van der Waals surface area contributed by atoms with E-state index in [-0.39, 0.29) is 10.9 Å². The van der Waals surface area contributed by atoms with Crippen molar-refractivity contribution in [2.75, 3.05) is 7.11 Å². The summed E-state index contributed by atoms with van der Waals surface area (Å²) in [4.78, 5) is 0. The highest BCUT2D eigenvalue weighted by Crippen LogP contribution is 2.30. The number of sulfone groups is 1. The largest absolute Gasteiger partial charge is 0.496 e. The SMILES string of the molecule is CCn1c(-c2ccccc2OC)nnc1S(=O)(=O)Cc1ccn(C)n1. The van der Waals surface area contributed by atoms with Crippen LogP contribution in [0.1, 0.15) is 12.6 Å². The van der Waals surface area contributed by atoms with Crippen LogP contribution in [0.5, 0.6) is 5.75 Å². The van der Waals surface area contributed by atoms with Gasteiger partial charge >= 0.3 is 0 Å². The van der Waals surface area contributed by atoms with Gasteiger partial charge in [0.2, 0.25) is 15.0 Å². The molecule has 0 N–H and O–H groups in total. The summed E-state index contributed by atoms with van der Waals surface area (Å²) < 4.78 is 34.1. The molecule has 0 saturated carbocycles. The van der Waals surface area contributed by atoms with Gasteiger partial charge in [-0.05, 0) is 25.1 Å². The van der Waals surface area contributed by atoms with Crippen molar-refractivity contribution in [3.8, 4) is 17.1 Å². The molecular weight excluding hydrogens is 342 g/mol. The maximum Gasteiger partial charge on any atom is 0.250 e. The Balaban J connectivity index is 2.05. The summed E-state index contributed by atoms with van der Waals surface area (Å²) in [5, 5.41) is 12.1. The first kappa shape index (κ1) is 17.2. The molecule has 25 heavy (non-hydrogen) atoms. The molecule has 132 valence electrons. The number of nitrogens with zero attached hydrogens (tertiary/aromatic N) is 5. The molecule has 8 nitrogen and oxygen atoms in total. The van der Waals surface area contributed by atoms with Crippen LogP contribution in [0.25, 0.3) is 11.4 Å². The summed E-state index contributed by atoms with van der Waals surface area (Å²) in [5.41, 5.74) is 1.16. The van der Waals surface area contributed by atoms with Crippen LogP contribution in [0.15, 0.2) is 41.7 Å². The molecule has 0 bridgehead atoms.